The maximum Gasteiger partial charge on any atom is 0.261 e. The smallest absolute Gasteiger partial charge is 0.261 e. The number of para-hydroxylation sites is 1. The SMILES string of the molecule is O=C(c1ccccc1)N1CCC(Oc2ccccc2-c2nc(C3CCOCC3)no2)C1. The van der Waals surface area contributed by atoms with E-state index in [1.54, 1.807) is 0 Å². The molecule has 2 aliphatic heterocycles. The standard InChI is InChI=1S/C24H25N3O4/c28-24(18-6-2-1-3-7-18)27-13-10-19(16-27)30-21-9-5-4-8-20(21)23-25-22(26-31-23)17-11-14-29-15-12-17/h1-9,17,19H,10-16H2. The van der Waals surface area contributed by atoms with Gasteiger partial charge in [0.2, 0.25) is 0 Å². The molecule has 3 aromatic rings. The minimum atomic E-state index is -0.0771. The van der Waals surface area contributed by atoms with Crippen LogP contribution in [0.4, 0.5) is 0 Å². The van der Waals surface area contributed by atoms with Gasteiger partial charge in [0.15, 0.2) is 5.82 Å². The van der Waals surface area contributed by atoms with Gasteiger partial charge in [-0.1, -0.05) is 35.5 Å². The molecular formula is C24H25N3O4. The summed E-state index contributed by atoms with van der Waals surface area (Å²) in [6, 6.07) is 17.1. The second-order valence-electron chi connectivity index (χ2n) is 7.99. The fourth-order valence-electron chi connectivity index (χ4n) is 4.16. The average molecular weight is 419 g/mol. The Labute approximate surface area is 181 Å². The van der Waals surface area contributed by atoms with Crippen molar-refractivity contribution in [3.05, 3.63) is 66.0 Å². The summed E-state index contributed by atoms with van der Waals surface area (Å²) in [4.78, 5) is 19.2. The van der Waals surface area contributed by atoms with Crippen molar-refractivity contribution in [2.45, 2.75) is 31.3 Å². The first kappa shape index (κ1) is 19.8. The molecule has 0 N–H and O–H groups in total. The van der Waals surface area contributed by atoms with Gasteiger partial charge in [-0.15, -0.1) is 0 Å². The molecule has 7 heteroatoms. The summed E-state index contributed by atoms with van der Waals surface area (Å²) < 4.78 is 17.3. The molecule has 0 spiro atoms. The van der Waals surface area contributed by atoms with Crippen LogP contribution in [0.3, 0.4) is 0 Å². The van der Waals surface area contributed by atoms with Gasteiger partial charge in [0.25, 0.3) is 11.8 Å². The zero-order chi connectivity index (χ0) is 21.0. The Morgan fingerprint density at radius 2 is 1.77 bits per heavy atom. The van der Waals surface area contributed by atoms with Crippen molar-refractivity contribution < 1.29 is 18.8 Å². The molecule has 2 aromatic carbocycles. The molecule has 1 aromatic heterocycles. The predicted octanol–water partition coefficient (Wildman–Crippen LogP) is 3.92. The minimum absolute atomic E-state index is 0.0398. The first-order valence-electron chi connectivity index (χ1n) is 10.8. The van der Waals surface area contributed by atoms with Crippen LogP contribution in [0.2, 0.25) is 0 Å². The lowest BCUT2D eigenvalue weighted by molar-refractivity contribution is 0.0772. The van der Waals surface area contributed by atoms with Crippen molar-refractivity contribution in [2.75, 3.05) is 26.3 Å². The van der Waals surface area contributed by atoms with Crippen LogP contribution in [-0.2, 0) is 4.74 Å². The first-order chi connectivity index (χ1) is 15.3. The number of hydrogen-bond acceptors (Lipinski definition) is 6. The highest BCUT2D eigenvalue weighted by Gasteiger charge is 2.29. The summed E-state index contributed by atoms with van der Waals surface area (Å²) in [5.74, 6) is 2.20. The average Bonchev–Trinajstić information content (AvgIpc) is 3.50. The Hall–Kier alpha value is -3.19. The second kappa shape index (κ2) is 8.89. The largest absolute Gasteiger partial charge is 0.488 e. The van der Waals surface area contributed by atoms with Gasteiger partial charge in [0.1, 0.15) is 11.9 Å². The number of nitrogens with zero attached hydrogens (tertiary/aromatic N) is 3. The maximum absolute atomic E-state index is 12.7. The normalized spacial score (nSPS) is 19.5. The van der Waals surface area contributed by atoms with Gasteiger partial charge in [-0.3, -0.25) is 4.79 Å². The number of carbonyl (C=O) groups excluding carboxylic acids is 1. The Kier molecular flexibility index (Phi) is 5.67. The number of aromatic nitrogens is 2. The maximum atomic E-state index is 12.7. The highest BCUT2D eigenvalue weighted by atomic mass is 16.5. The van der Waals surface area contributed by atoms with E-state index in [9.17, 15) is 4.79 Å². The molecular weight excluding hydrogens is 394 g/mol. The summed E-state index contributed by atoms with van der Waals surface area (Å²) in [5, 5.41) is 4.21. The van der Waals surface area contributed by atoms with Crippen molar-refractivity contribution in [1.82, 2.24) is 15.0 Å². The fraction of sp³-hybridized carbons (Fsp3) is 0.375. The number of carbonyl (C=O) groups is 1. The van der Waals surface area contributed by atoms with E-state index in [1.165, 1.54) is 0 Å². The number of amides is 1. The minimum Gasteiger partial charge on any atom is -0.488 e. The van der Waals surface area contributed by atoms with E-state index in [-0.39, 0.29) is 17.9 Å². The van der Waals surface area contributed by atoms with Gasteiger partial charge in [-0.2, -0.15) is 4.98 Å². The van der Waals surface area contributed by atoms with E-state index < -0.39 is 0 Å². The number of ether oxygens (including phenoxy) is 2. The lowest BCUT2D eigenvalue weighted by Gasteiger charge is -2.18. The van der Waals surface area contributed by atoms with Crippen LogP contribution in [0.15, 0.2) is 59.1 Å². The van der Waals surface area contributed by atoms with Crippen molar-refractivity contribution in [3.63, 3.8) is 0 Å². The van der Waals surface area contributed by atoms with Crippen LogP contribution >= 0.6 is 0 Å². The summed E-state index contributed by atoms with van der Waals surface area (Å²) in [6.07, 6.45) is 2.52. The van der Waals surface area contributed by atoms with Gasteiger partial charge in [-0.05, 0) is 37.1 Å². The molecule has 2 aliphatic rings. The van der Waals surface area contributed by atoms with E-state index >= 15 is 0 Å². The monoisotopic (exact) mass is 419 g/mol. The number of likely N-dealkylation sites (tertiary alicyclic amines) is 1. The number of benzene rings is 2. The van der Waals surface area contributed by atoms with Crippen LogP contribution < -0.4 is 4.74 Å². The summed E-state index contributed by atoms with van der Waals surface area (Å²) in [6.45, 7) is 2.69. The third kappa shape index (κ3) is 4.32. The van der Waals surface area contributed by atoms with Crippen molar-refractivity contribution in [2.24, 2.45) is 0 Å². The van der Waals surface area contributed by atoms with Crippen molar-refractivity contribution >= 4 is 5.91 Å². The molecule has 2 fully saturated rings. The third-order valence-corrected chi connectivity index (χ3v) is 5.89. The number of rotatable bonds is 5. The fourth-order valence-corrected chi connectivity index (χ4v) is 4.16. The Morgan fingerprint density at radius 3 is 2.61 bits per heavy atom. The first-order valence-corrected chi connectivity index (χ1v) is 10.8. The van der Waals surface area contributed by atoms with Crippen LogP contribution in [0.25, 0.3) is 11.5 Å². The molecule has 0 aliphatic carbocycles. The van der Waals surface area contributed by atoms with Crippen LogP contribution in [0, 0.1) is 0 Å². The summed E-state index contributed by atoms with van der Waals surface area (Å²) >= 11 is 0. The Balaban J connectivity index is 1.28. The molecule has 0 radical (unpaired) electrons. The molecule has 7 nitrogen and oxygen atoms in total. The predicted molar refractivity (Wildman–Crippen MR) is 114 cm³/mol. The van der Waals surface area contributed by atoms with Crippen LogP contribution in [0.5, 0.6) is 5.75 Å². The second-order valence-corrected chi connectivity index (χ2v) is 7.99. The van der Waals surface area contributed by atoms with Gasteiger partial charge in [0, 0.05) is 37.7 Å². The highest BCUT2D eigenvalue weighted by Crippen LogP contribution is 2.33. The van der Waals surface area contributed by atoms with E-state index in [1.807, 2.05) is 59.5 Å². The Bertz CT molecular complexity index is 1030. The highest BCUT2D eigenvalue weighted by molar-refractivity contribution is 5.94. The van der Waals surface area contributed by atoms with Gasteiger partial charge < -0.3 is 18.9 Å². The van der Waals surface area contributed by atoms with E-state index in [0.29, 0.717) is 30.3 Å². The lowest BCUT2D eigenvalue weighted by atomic mass is 10.00. The molecule has 160 valence electrons. The van der Waals surface area contributed by atoms with Crippen molar-refractivity contribution in [1.29, 1.82) is 0 Å². The number of hydrogen-bond donors (Lipinski definition) is 0. The molecule has 0 saturated carbocycles. The van der Waals surface area contributed by atoms with Gasteiger partial charge >= 0.3 is 0 Å². The Morgan fingerprint density at radius 1 is 1.00 bits per heavy atom. The van der Waals surface area contributed by atoms with Crippen LogP contribution in [-0.4, -0.2) is 53.4 Å². The molecule has 31 heavy (non-hydrogen) atoms. The molecule has 0 bridgehead atoms. The molecule has 1 atom stereocenters. The topological polar surface area (TPSA) is 77.7 Å². The molecule has 1 unspecified atom stereocenters. The molecule has 5 rings (SSSR count). The zero-order valence-electron chi connectivity index (χ0n) is 17.3. The lowest BCUT2D eigenvalue weighted by Crippen LogP contribution is -2.30. The summed E-state index contributed by atoms with van der Waals surface area (Å²) in [7, 11) is 0. The quantitative estimate of drug-likeness (QED) is 0.624. The van der Waals surface area contributed by atoms with Crippen molar-refractivity contribution in [3.8, 4) is 17.2 Å². The van der Waals surface area contributed by atoms with Gasteiger partial charge in [-0.25, -0.2) is 0 Å². The molecule has 1 amide bonds. The molecule has 3 heterocycles. The zero-order valence-corrected chi connectivity index (χ0v) is 17.3. The summed E-state index contributed by atoms with van der Waals surface area (Å²) in [5.41, 5.74) is 1.48. The van der Waals surface area contributed by atoms with E-state index in [0.717, 1.165) is 43.9 Å². The van der Waals surface area contributed by atoms with Gasteiger partial charge in [0.05, 0.1) is 12.1 Å². The van der Waals surface area contributed by atoms with E-state index in [2.05, 4.69) is 10.1 Å². The third-order valence-electron chi connectivity index (χ3n) is 5.89. The molecule has 2 saturated heterocycles. The van der Waals surface area contributed by atoms with Crippen LogP contribution in [0.1, 0.15) is 41.4 Å². The van der Waals surface area contributed by atoms with E-state index in [4.69, 9.17) is 14.0 Å².